The standard InChI is InChI=1S/C18H19BFN5O3/c1-28-15-8-14(25-6-2-5-24-25)16(18(20)17(15)19(26)27)10-3-4-11(12(22)7-10)13(23)9-21/h2-9,26-27H,21-23H2,1H3/b13-9+. The zero-order valence-corrected chi connectivity index (χ0v) is 15.0. The molecule has 0 radical (unpaired) electrons. The average molecular weight is 383 g/mol. The lowest BCUT2D eigenvalue weighted by Crippen LogP contribution is -2.35. The Balaban J connectivity index is 2.33. The van der Waals surface area contributed by atoms with Gasteiger partial charge in [-0.2, -0.15) is 5.10 Å². The first kappa shape index (κ1) is 19.3. The van der Waals surface area contributed by atoms with E-state index in [4.69, 9.17) is 21.9 Å². The van der Waals surface area contributed by atoms with Crippen molar-refractivity contribution >= 4 is 24.0 Å². The van der Waals surface area contributed by atoms with Crippen molar-refractivity contribution in [2.75, 3.05) is 12.8 Å². The number of nitrogens with two attached hydrogens (primary N) is 3. The summed E-state index contributed by atoms with van der Waals surface area (Å²) in [5.41, 5.74) is 18.8. The molecule has 3 aromatic rings. The Hall–Kier alpha value is -3.50. The molecular formula is C18H19BFN5O3. The molecule has 28 heavy (non-hydrogen) atoms. The van der Waals surface area contributed by atoms with Crippen LogP contribution in [-0.2, 0) is 0 Å². The van der Waals surface area contributed by atoms with Crippen LogP contribution in [0.25, 0.3) is 22.5 Å². The fraction of sp³-hybridized carbons (Fsp3) is 0.0556. The van der Waals surface area contributed by atoms with Crippen molar-refractivity contribution in [3.8, 4) is 22.6 Å². The highest BCUT2D eigenvalue weighted by molar-refractivity contribution is 6.60. The first-order valence-electron chi connectivity index (χ1n) is 8.23. The molecule has 8 N–H and O–H groups in total. The molecule has 8 nitrogen and oxygen atoms in total. The number of hydrogen-bond acceptors (Lipinski definition) is 7. The van der Waals surface area contributed by atoms with Gasteiger partial charge in [0, 0.05) is 41.5 Å². The van der Waals surface area contributed by atoms with E-state index in [1.165, 1.54) is 36.3 Å². The average Bonchev–Trinajstić information content (AvgIpc) is 3.20. The van der Waals surface area contributed by atoms with Crippen LogP contribution in [0.15, 0.2) is 48.9 Å². The van der Waals surface area contributed by atoms with E-state index in [0.717, 1.165) is 0 Å². The number of anilines is 1. The van der Waals surface area contributed by atoms with Crippen LogP contribution in [0.2, 0.25) is 0 Å². The van der Waals surface area contributed by atoms with Crippen LogP contribution >= 0.6 is 0 Å². The number of nitrogen functional groups attached to an aromatic ring is 1. The van der Waals surface area contributed by atoms with Gasteiger partial charge in [-0.05, 0) is 17.7 Å². The zero-order chi connectivity index (χ0) is 20.4. The van der Waals surface area contributed by atoms with Crippen LogP contribution in [0, 0.1) is 5.82 Å². The molecule has 3 rings (SSSR count). The van der Waals surface area contributed by atoms with Gasteiger partial charge in [0.15, 0.2) is 0 Å². The molecular weight excluding hydrogens is 364 g/mol. The molecule has 0 aliphatic rings. The first-order valence-corrected chi connectivity index (χ1v) is 8.23. The molecule has 0 spiro atoms. The Bertz CT molecular complexity index is 1040. The van der Waals surface area contributed by atoms with Crippen LogP contribution < -0.4 is 27.4 Å². The minimum atomic E-state index is -2.08. The van der Waals surface area contributed by atoms with Gasteiger partial charge in [0.25, 0.3) is 0 Å². The highest BCUT2D eigenvalue weighted by Gasteiger charge is 2.28. The third kappa shape index (κ3) is 3.26. The van der Waals surface area contributed by atoms with Crippen molar-refractivity contribution in [3.05, 3.63) is 60.3 Å². The third-order valence-corrected chi connectivity index (χ3v) is 4.31. The van der Waals surface area contributed by atoms with Crippen molar-refractivity contribution in [2.45, 2.75) is 0 Å². The van der Waals surface area contributed by atoms with Crippen molar-refractivity contribution in [1.82, 2.24) is 9.78 Å². The highest BCUT2D eigenvalue weighted by atomic mass is 19.1. The van der Waals surface area contributed by atoms with E-state index >= 15 is 4.39 Å². The van der Waals surface area contributed by atoms with Crippen molar-refractivity contribution in [3.63, 3.8) is 0 Å². The van der Waals surface area contributed by atoms with Gasteiger partial charge in [0.05, 0.1) is 24.0 Å². The molecule has 0 atom stereocenters. The predicted molar refractivity (Wildman–Crippen MR) is 106 cm³/mol. The molecule has 0 bridgehead atoms. The minimum Gasteiger partial charge on any atom is -0.497 e. The Kier molecular flexibility index (Phi) is 5.25. The number of benzene rings is 2. The van der Waals surface area contributed by atoms with Gasteiger partial charge in [-0.1, -0.05) is 12.1 Å². The Morgan fingerprint density at radius 2 is 2.07 bits per heavy atom. The largest absolute Gasteiger partial charge is 0.497 e. The smallest absolute Gasteiger partial charge is 0.495 e. The Morgan fingerprint density at radius 1 is 1.32 bits per heavy atom. The fourth-order valence-corrected chi connectivity index (χ4v) is 2.98. The topological polar surface area (TPSA) is 146 Å². The molecule has 10 heteroatoms. The summed E-state index contributed by atoms with van der Waals surface area (Å²) in [6.45, 7) is 0. The van der Waals surface area contributed by atoms with Crippen LogP contribution in [0.5, 0.6) is 5.75 Å². The maximum absolute atomic E-state index is 15.4. The number of nitrogens with zero attached hydrogens (tertiary/aromatic N) is 2. The highest BCUT2D eigenvalue weighted by Crippen LogP contribution is 2.34. The molecule has 0 fully saturated rings. The molecule has 0 aliphatic carbocycles. The van der Waals surface area contributed by atoms with Crippen molar-refractivity contribution in [1.29, 1.82) is 0 Å². The van der Waals surface area contributed by atoms with E-state index in [1.807, 2.05) is 0 Å². The van der Waals surface area contributed by atoms with Gasteiger partial charge in [-0.15, -0.1) is 0 Å². The van der Waals surface area contributed by atoms with E-state index in [-0.39, 0.29) is 22.7 Å². The number of aromatic nitrogens is 2. The van der Waals surface area contributed by atoms with Gasteiger partial charge < -0.3 is 32.0 Å². The molecule has 0 aliphatic heterocycles. The minimum absolute atomic E-state index is 0.0262. The maximum atomic E-state index is 15.4. The summed E-state index contributed by atoms with van der Waals surface area (Å²) in [7, 11) is -0.769. The molecule has 1 heterocycles. The second kappa shape index (κ2) is 7.63. The van der Waals surface area contributed by atoms with Crippen LogP contribution in [0.4, 0.5) is 10.1 Å². The number of halogens is 1. The van der Waals surface area contributed by atoms with E-state index in [1.54, 1.807) is 24.4 Å². The summed E-state index contributed by atoms with van der Waals surface area (Å²) in [6, 6.07) is 7.88. The molecule has 2 aromatic carbocycles. The number of ether oxygens (including phenoxy) is 1. The normalized spacial score (nSPS) is 11.5. The van der Waals surface area contributed by atoms with E-state index in [9.17, 15) is 10.0 Å². The molecule has 0 saturated heterocycles. The van der Waals surface area contributed by atoms with Gasteiger partial charge >= 0.3 is 7.12 Å². The van der Waals surface area contributed by atoms with Crippen LogP contribution in [-0.4, -0.2) is 34.1 Å². The third-order valence-electron chi connectivity index (χ3n) is 4.31. The number of methoxy groups -OCH3 is 1. The SMILES string of the molecule is COc1cc(-n2cccn2)c(-c2ccc(/C(N)=C\N)c(N)c2)c(F)c1B(O)O. The number of hydrogen-bond donors (Lipinski definition) is 5. The van der Waals surface area contributed by atoms with Gasteiger partial charge in [0.2, 0.25) is 0 Å². The Labute approximate surface area is 160 Å². The fourth-order valence-electron chi connectivity index (χ4n) is 2.98. The summed E-state index contributed by atoms with van der Waals surface area (Å²) in [6.07, 6.45) is 4.38. The zero-order valence-electron chi connectivity index (χ0n) is 15.0. The molecule has 0 saturated carbocycles. The first-order chi connectivity index (χ1) is 13.4. The van der Waals surface area contributed by atoms with Crippen LogP contribution in [0.3, 0.4) is 0 Å². The maximum Gasteiger partial charge on any atom is 0.495 e. The summed E-state index contributed by atoms with van der Waals surface area (Å²) < 4.78 is 22.0. The van der Waals surface area contributed by atoms with E-state index < -0.39 is 18.4 Å². The van der Waals surface area contributed by atoms with Crippen LogP contribution in [0.1, 0.15) is 5.56 Å². The quantitative estimate of drug-likeness (QED) is 0.312. The summed E-state index contributed by atoms with van der Waals surface area (Å²) >= 11 is 0. The summed E-state index contributed by atoms with van der Waals surface area (Å²) in [4.78, 5) is 0. The second-order valence-corrected chi connectivity index (χ2v) is 5.95. The Morgan fingerprint density at radius 3 is 2.61 bits per heavy atom. The molecule has 0 unspecified atom stereocenters. The lowest BCUT2D eigenvalue weighted by atomic mass is 9.77. The predicted octanol–water partition coefficient (Wildman–Crippen LogP) is 0.165. The van der Waals surface area contributed by atoms with Crippen molar-refractivity contribution < 1.29 is 19.2 Å². The lowest BCUT2D eigenvalue weighted by Gasteiger charge is -2.18. The number of rotatable bonds is 5. The summed E-state index contributed by atoms with van der Waals surface area (Å²) in [5, 5.41) is 23.5. The van der Waals surface area contributed by atoms with Gasteiger partial charge in [-0.25, -0.2) is 9.07 Å². The van der Waals surface area contributed by atoms with Gasteiger partial charge in [-0.3, -0.25) is 0 Å². The second-order valence-electron chi connectivity index (χ2n) is 5.95. The summed E-state index contributed by atoms with van der Waals surface area (Å²) in [5.74, 6) is -0.893. The molecule has 0 amide bonds. The lowest BCUT2D eigenvalue weighted by molar-refractivity contribution is 0.398. The monoisotopic (exact) mass is 383 g/mol. The van der Waals surface area contributed by atoms with Crippen molar-refractivity contribution in [2.24, 2.45) is 11.5 Å². The molecule has 144 valence electrons. The van der Waals surface area contributed by atoms with E-state index in [2.05, 4.69) is 5.10 Å². The van der Waals surface area contributed by atoms with Gasteiger partial charge in [0.1, 0.15) is 11.6 Å². The molecule has 1 aromatic heterocycles. The van der Waals surface area contributed by atoms with E-state index in [0.29, 0.717) is 16.8 Å².